The van der Waals surface area contributed by atoms with Crippen LogP contribution in [-0.4, -0.2) is 0 Å². The lowest BCUT2D eigenvalue weighted by Gasteiger charge is -1.99. The quantitative estimate of drug-likeness (QED) is 0.621. The van der Waals surface area contributed by atoms with Crippen LogP contribution >= 0.6 is 0 Å². The largest absolute Gasteiger partial charge is 0.405 e. The summed E-state index contributed by atoms with van der Waals surface area (Å²) in [7, 11) is 0. The topological polar surface area (TPSA) is 52.0 Å². The van der Waals surface area contributed by atoms with Crippen molar-refractivity contribution in [3.8, 4) is 0 Å². The van der Waals surface area contributed by atoms with Crippen molar-refractivity contribution in [3.05, 3.63) is 42.1 Å². The fraction of sp³-hybridized carbons (Fsp3) is 0.111. The van der Waals surface area contributed by atoms with E-state index in [9.17, 15) is 0 Å². The number of benzene rings is 1. The zero-order valence-electron chi connectivity index (χ0n) is 6.33. The zero-order chi connectivity index (χ0) is 8.10. The van der Waals surface area contributed by atoms with Crippen molar-refractivity contribution in [1.29, 1.82) is 0 Å². The molecule has 0 radical (unpaired) electrons. The molecule has 0 aliphatic rings. The minimum Gasteiger partial charge on any atom is -0.405 e. The van der Waals surface area contributed by atoms with Gasteiger partial charge in [0.1, 0.15) is 0 Å². The van der Waals surface area contributed by atoms with E-state index >= 15 is 0 Å². The molecule has 58 valence electrons. The van der Waals surface area contributed by atoms with E-state index in [2.05, 4.69) is 0 Å². The Hall–Kier alpha value is -1.44. The Labute approximate surface area is 66.5 Å². The smallest absolute Gasteiger partial charge is 0.0349 e. The Morgan fingerprint density at radius 1 is 1.27 bits per heavy atom. The lowest BCUT2D eigenvalue weighted by atomic mass is 10.1. The molecule has 0 amide bonds. The van der Waals surface area contributed by atoms with E-state index in [1.807, 2.05) is 30.3 Å². The first-order valence-electron chi connectivity index (χ1n) is 3.54. The Kier molecular flexibility index (Phi) is 2.55. The number of rotatable bonds is 2. The van der Waals surface area contributed by atoms with Gasteiger partial charge in [0.05, 0.1) is 0 Å². The lowest BCUT2D eigenvalue weighted by Crippen LogP contribution is -1.92. The van der Waals surface area contributed by atoms with Crippen LogP contribution in [0.5, 0.6) is 0 Å². The molecule has 0 atom stereocenters. The van der Waals surface area contributed by atoms with Crippen molar-refractivity contribution in [2.45, 2.75) is 6.42 Å². The molecule has 0 aromatic heterocycles. The first-order valence-corrected chi connectivity index (χ1v) is 3.54. The monoisotopic (exact) mass is 148 g/mol. The number of anilines is 1. The average molecular weight is 148 g/mol. The van der Waals surface area contributed by atoms with Crippen molar-refractivity contribution < 1.29 is 0 Å². The molecule has 1 aromatic carbocycles. The van der Waals surface area contributed by atoms with Crippen molar-refractivity contribution in [1.82, 2.24) is 0 Å². The maximum atomic E-state index is 5.69. The summed E-state index contributed by atoms with van der Waals surface area (Å²) in [5.41, 5.74) is 12.8. The zero-order valence-corrected chi connectivity index (χ0v) is 6.33. The molecule has 1 rings (SSSR count). The maximum Gasteiger partial charge on any atom is 0.0349 e. The molecule has 0 unspecified atom stereocenters. The third-order valence-corrected chi connectivity index (χ3v) is 1.53. The molecule has 0 saturated carbocycles. The highest BCUT2D eigenvalue weighted by Crippen LogP contribution is 2.10. The van der Waals surface area contributed by atoms with Crippen LogP contribution in [0.4, 0.5) is 5.69 Å². The van der Waals surface area contributed by atoms with Gasteiger partial charge >= 0.3 is 0 Å². The Balaban J connectivity index is 2.77. The fourth-order valence-corrected chi connectivity index (χ4v) is 0.915. The molecule has 0 heterocycles. The van der Waals surface area contributed by atoms with Gasteiger partial charge in [0.15, 0.2) is 0 Å². The van der Waals surface area contributed by atoms with Crippen LogP contribution in [0.1, 0.15) is 5.56 Å². The molecule has 0 aliphatic heterocycles. The Morgan fingerprint density at radius 3 is 2.64 bits per heavy atom. The highest BCUT2D eigenvalue weighted by Gasteiger charge is 1.92. The summed E-state index contributed by atoms with van der Waals surface area (Å²) in [5.74, 6) is 0. The molecule has 0 aliphatic carbocycles. The molecular formula is C9H12N2. The molecular weight excluding hydrogens is 136 g/mol. The summed E-state index contributed by atoms with van der Waals surface area (Å²) in [6, 6.07) is 7.77. The van der Waals surface area contributed by atoms with E-state index < -0.39 is 0 Å². The number of para-hydroxylation sites is 1. The second-order valence-corrected chi connectivity index (χ2v) is 2.33. The van der Waals surface area contributed by atoms with Crippen LogP contribution in [0, 0.1) is 0 Å². The molecule has 2 nitrogen and oxygen atoms in total. The predicted octanol–water partition coefficient (Wildman–Crippen LogP) is 1.28. The van der Waals surface area contributed by atoms with E-state index in [0.29, 0.717) is 0 Å². The first kappa shape index (κ1) is 7.66. The van der Waals surface area contributed by atoms with Gasteiger partial charge in [-0.2, -0.15) is 0 Å². The molecule has 0 spiro atoms. The number of allylic oxidation sites excluding steroid dienone is 1. The van der Waals surface area contributed by atoms with E-state index in [-0.39, 0.29) is 0 Å². The van der Waals surface area contributed by atoms with E-state index in [1.54, 1.807) is 0 Å². The van der Waals surface area contributed by atoms with Gasteiger partial charge in [-0.25, -0.2) is 0 Å². The summed E-state index contributed by atoms with van der Waals surface area (Å²) in [5, 5.41) is 0. The minimum atomic E-state index is 0.809. The van der Waals surface area contributed by atoms with Gasteiger partial charge in [0.25, 0.3) is 0 Å². The molecule has 0 bridgehead atoms. The van der Waals surface area contributed by atoms with Crippen LogP contribution in [0.15, 0.2) is 36.5 Å². The summed E-state index contributed by atoms with van der Waals surface area (Å²) in [6.45, 7) is 0. The summed E-state index contributed by atoms with van der Waals surface area (Å²) in [4.78, 5) is 0. The average Bonchev–Trinajstić information content (AvgIpc) is 2.03. The molecule has 11 heavy (non-hydrogen) atoms. The summed E-state index contributed by atoms with van der Waals surface area (Å²) < 4.78 is 0. The predicted molar refractivity (Wildman–Crippen MR) is 47.9 cm³/mol. The van der Waals surface area contributed by atoms with Crippen molar-refractivity contribution in [3.63, 3.8) is 0 Å². The summed E-state index contributed by atoms with van der Waals surface area (Å²) in [6.07, 6.45) is 4.22. The fourth-order valence-electron chi connectivity index (χ4n) is 0.915. The normalized spacial score (nSPS) is 10.5. The molecule has 0 fully saturated rings. The number of nitrogen functional groups attached to an aromatic ring is 1. The third-order valence-electron chi connectivity index (χ3n) is 1.53. The number of hydrogen-bond acceptors (Lipinski definition) is 2. The van der Waals surface area contributed by atoms with Gasteiger partial charge in [-0.1, -0.05) is 24.3 Å². The highest BCUT2D eigenvalue weighted by molar-refractivity contribution is 5.47. The maximum absolute atomic E-state index is 5.69. The highest BCUT2D eigenvalue weighted by atomic mass is 14.6. The lowest BCUT2D eigenvalue weighted by molar-refractivity contribution is 1.26. The van der Waals surface area contributed by atoms with E-state index in [4.69, 9.17) is 11.5 Å². The van der Waals surface area contributed by atoms with Gasteiger partial charge < -0.3 is 11.5 Å². The SMILES string of the molecule is NC=CCc1ccccc1N. The van der Waals surface area contributed by atoms with Crippen molar-refractivity contribution in [2.75, 3.05) is 5.73 Å². The summed E-state index contributed by atoms with van der Waals surface area (Å²) >= 11 is 0. The van der Waals surface area contributed by atoms with Gasteiger partial charge in [-0.3, -0.25) is 0 Å². The van der Waals surface area contributed by atoms with Crippen LogP contribution in [0.2, 0.25) is 0 Å². The van der Waals surface area contributed by atoms with Crippen LogP contribution in [0.3, 0.4) is 0 Å². The molecule has 1 aromatic rings. The number of hydrogen-bond donors (Lipinski definition) is 2. The van der Waals surface area contributed by atoms with Gasteiger partial charge in [0.2, 0.25) is 0 Å². The van der Waals surface area contributed by atoms with E-state index in [0.717, 1.165) is 17.7 Å². The third kappa shape index (κ3) is 2.00. The first-order chi connectivity index (χ1) is 5.34. The van der Waals surface area contributed by atoms with Crippen molar-refractivity contribution >= 4 is 5.69 Å². The second kappa shape index (κ2) is 3.66. The standard InChI is InChI=1S/C9H12N2/c10-7-3-5-8-4-1-2-6-9(8)11/h1-4,6-7H,5,10-11H2. The van der Waals surface area contributed by atoms with Crippen LogP contribution in [-0.2, 0) is 6.42 Å². The van der Waals surface area contributed by atoms with Crippen LogP contribution < -0.4 is 11.5 Å². The number of nitrogens with two attached hydrogens (primary N) is 2. The van der Waals surface area contributed by atoms with E-state index in [1.165, 1.54) is 6.20 Å². The Morgan fingerprint density at radius 2 is 2.00 bits per heavy atom. The van der Waals surface area contributed by atoms with Crippen LogP contribution in [0.25, 0.3) is 0 Å². The minimum absolute atomic E-state index is 0.809. The molecule has 4 N–H and O–H groups in total. The van der Waals surface area contributed by atoms with Gasteiger partial charge in [-0.05, 0) is 24.3 Å². The van der Waals surface area contributed by atoms with Crippen molar-refractivity contribution in [2.24, 2.45) is 5.73 Å². The van der Waals surface area contributed by atoms with Gasteiger partial charge in [0, 0.05) is 5.69 Å². The molecule has 2 heteroatoms. The molecule has 0 saturated heterocycles. The second-order valence-electron chi connectivity index (χ2n) is 2.33. The van der Waals surface area contributed by atoms with Gasteiger partial charge in [-0.15, -0.1) is 0 Å². The Bertz CT molecular complexity index is 253.